The Labute approximate surface area is 102 Å². The zero-order valence-electron chi connectivity index (χ0n) is 8.90. The van der Waals surface area contributed by atoms with Crippen LogP contribution in [0, 0.1) is 0 Å². The summed E-state index contributed by atoms with van der Waals surface area (Å²) in [6.07, 6.45) is 0. The molecule has 0 amide bonds. The fourth-order valence-corrected chi connectivity index (χ4v) is 2.39. The van der Waals surface area contributed by atoms with Gasteiger partial charge < -0.3 is 10.3 Å². The molecule has 1 rings (SSSR count). The van der Waals surface area contributed by atoms with Gasteiger partial charge in [-0.2, -0.15) is 0 Å². The molecule has 1 aromatic rings. The fraction of sp³-hybridized carbons (Fsp3) is 0.556. The summed E-state index contributed by atoms with van der Waals surface area (Å²) in [7, 11) is 0. The van der Waals surface area contributed by atoms with Crippen LogP contribution >= 0.6 is 27.7 Å². The van der Waals surface area contributed by atoms with E-state index in [0.29, 0.717) is 12.6 Å². The van der Waals surface area contributed by atoms with Gasteiger partial charge in [-0.25, -0.2) is 0 Å². The van der Waals surface area contributed by atoms with E-state index >= 15 is 0 Å². The number of hydrogen-bond donors (Lipinski definition) is 1. The molecule has 1 heterocycles. The average molecular weight is 291 g/mol. The van der Waals surface area contributed by atoms with E-state index in [1.54, 1.807) is 11.8 Å². The molecule has 0 aromatic carbocycles. The molecule has 6 heteroatoms. The van der Waals surface area contributed by atoms with Crippen molar-refractivity contribution in [3.8, 4) is 0 Å². The first-order chi connectivity index (χ1) is 7.06. The van der Waals surface area contributed by atoms with Crippen LogP contribution in [-0.4, -0.2) is 20.5 Å². The molecular formula is C9H15BrN4S. The van der Waals surface area contributed by atoms with E-state index in [0.717, 1.165) is 21.2 Å². The van der Waals surface area contributed by atoms with Crippen LogP contribution < -0.4 is 5.73 Å². The summed E-state index contributed by atoms with van der Waals surface area (Å²) in [5.74, 6) is 1.61. The topological polar surface area (TPSA) is 56.7 Å². The Balaban J connectivity index is 2.87. The molecule has 0 saturated heterocycles. The maximum atomic E-state index is 5.60. The van der Waals surface area contributed by atoms with Gasteiger partial charge in [0.15, 0.2) is 5.16 Å². The number of halogens is 1. The lowest BCUT2D eigenvalue weighted by atomic mass is 10.4. The van der Waals surface area contributed by atoms with Gasteiger partial charge in [0.1, 0.15) is 5.82 Å². The monoisotopic (exact) mass is 290 g/mol. The van der Waals surface area contributed by atoms with Gasteiger partial charge >= 0.3 is 0 Å². The largest absolute Gasteiger partial charge is 0.324 e. The normalized spacial score (nSPS) is 11.0. The Morgan fingerprint density at radius 2 is 2.27 bits per heavy atom. The summed E-state index contributed by atoms with van der Waals surface area (Å²) < 4.78 is 3.00. The van der Waals surface area contributed by atoms with Gasteiger partial charge in [-0.15, -0.1) is 10.2 Å². The van der Waals surface area contributed by atoms with Crippen molar-refractivity contribution in [3.05, 3.63) is 16.9 Å². The maximum Gasteiger partial charge on any atom is 0.191 e. The van der Waals surface area contributed by atoms with Crippen LogP contribution in [0.1, 0.15) is 25.7 Å². The lowest BCUT2D eigenvalue weighted by Crippen LogP contribution is -2.11. The lowest BCUT2D eigenvalue weighted by Gasteiger charge is -2.12. The van der Waals surface area contributed by atoms with Crippen LogP contribution in [0.5, 0.6) is 0 Å². The van der Waals surface area contributed by atoms with E-state index in [-0.39, 0.29) is 0 Å². The molecule has 84 valence electrons. The van der Waals surface area contributed by atoms with E-state index in [4.69, 9.17) is 5.73 Å². The second kappa shape index (κ2) is 5.67. The maximum absolute atomic E-state index is 5.60. The molecule has 15 heavy (non-hydrogen) atoms. The minimum atomic E-state index is 0.324. The molecule has 4 nitrogen and oxygen atoms in total. The molecule has 0 fully saturated rings. The number of hydrogen-bond acceptors (Lipinski definition) is 4. The van der Waals surface area contributed by atoms with Crippen molar-refractivity contribution in [3.63, 3.8) is 0 Å². The third kappa shape index (κ3) is 3.32. The predicted octanol–water partition coefficient (Wildman–Crippen LogP) is 2.32. The van der Waals surface area contributed by atoms with E-state index in [9.17, 15) is 0 Å². The van der Waals surface area contributed by atoms with Gasteiger partial charge in [-0.3, -0.25) is 0 Å². The molecule has 0 radical (unpaired) electrons. The highest BCUT2D eigenvalue weighted by molar-refractivity contribution is 9.11. The lowest BCUT2D eigenvalue weighted by molar-refractivity contribution is 0.526. The second-order valence-corrected chi connectivity index (χ2v) is 5.44. The van der Waals surface area contributed by atoms with Gasteiger partial charge in [0.2, 0.25) is 0 Å². The van der Waals surface area contributed by atoms with E-state index in [1.807, 2.05) is 0 Å². The van der Waals surface area contributed by atoms with Crippen LogP contribution in [0.15, 0.2) is 16.2 Å². The molecule has 0 aliphatic heterocycles. The number of aromatic nitrogens is 3. The molecule has 0 aliphatic rings. The first-order valence-corrected chi connectivity index (χ1v) is 6.44. The van der Waals surface area contributed by atoms with Gasteiger partial charge in [-0.1, -0.05) is 34.3 Å². The van der Waals surface area contributed by atoms with Crippen LogP contribution in [0.25, 0.3) is 0 Å². The summed E-state index contributed by atoms with van der Waals surface area (Å²) in [6, 6.07) is 0.324. The van der Waals surface area contributed by atoms with Crippen molar-refractivity contribution in [2.75, 3.05) is 5.75 Å². The van der Waals surface area contributed by atoms with Crippen LogP contribution in [-0.2, 0) is 6.54 Å². The van der Waals surface area contributed by atoms with Gasteiger partial charge in [0.05, 0.1) is 6.54 Å². The minimum absolute atomic E-state index is 0.324. The Hall–Kier alpha value is -0.330. The third-order valence-electron chi connectivity index (χ3n) is 1.79. The molecule has 0 aliphatic carbocycles. The fourth-order valence-electron chi connectivity index (χ4n) is 1.21. The molecule has 2 N–H and O–H groups in total. The Kier molecular flexibility index (Phi) is 4.82. The highest BCUT2D eigenvalue weighted by atomic mass is 79.9. The second-order valence-electron chi connectivity index (χ2n) is 3.37. The summed E-state index contributed by atoms with van der Waals surface area (Å²) >= 11 is 4.93. The number of thioether (sulfide) groups is 1. The summed E-state index contributed by atoms with van der Waals surface area (Å²) in [4.78, 5) is 0. The number of nitrogens with zero attached hydrogens (tertiary/aromatic N) is 3. The molecule has 0 unspecified atom stereocenters. The molecular weight excluding hydrogens is 276 g/mol. The van der Waals surface area contributed by atoms with Gasteiger partial charge in [-0.05, 0) is 18.3 Å². The van der Waals surface area contributed by atoms with Crippen LogP contribution in [0.2, 0.25) is 0 Å². The standard InChI is InChI=1S/C9H15BrN4S/c1-6(2)14-8(4-11)12-13-9(14)15-5-7(3)10/h6H,3-5,11H2,1-2H3. The van der Waals surface area contributed by atoms with E-state index in [1.165, 1.54) is 0 Å². The molecule has 0 saturated carbocycles. The first kappa shape index (κ1) is 12.7. The first-order valence-electron chi connectivity index (χ1n) is 4.66. The third-order valence-corrected chi connectivity index (χ3v) is 3.47. The Morgan fingerprint density at radius 3 is 2.73 bits per heavy atom. The summed E-state index contributed by atoms with van der Waals surface area (Å²) in [6.45, 7) is 8.39. The SMILES string of the molecule is C=C(Br)CSc1nnc(CN)n1C(C)C. The number of nitrogens with two attached hydrogens (primary N) is 1. The highest BCUT2D eigenvalue weighted by Gasteiger charge is 2.13. The summed E-state index contributed by atoms with van der Waals surface area (Å²) in [5, 5.41) is 9.06. The quantitative estimate of drug-likeness (QED) is 0.846. The Morgan fingerprint density at radius 1 is 1.60 bits per heavy atom. The van der Waals surface area contributed by atoms with Crippen molar-refractivity contribution >= 4 is 27.7 Å². The Bertz CT molecular complexity index is 348. The highest BCUT2D eigenvalue weighted by Crippen LogP contribution is 2.24. The van der Waals surface area contributed by atoms with Crippen LogP contribution in [0.3, 0.4) is 0 Å². The summed E-state index contributed by atoms with van der Waals surface area (Å²) in [5.41, 5.74) is 5.60. The minimum Gasteiger partial charge on any atom is -0.324 e. The predicted molar refractivity (Wildman–Crippen MR) is 67.1 cm³/mol. The van der Waals surface area contributed by atoms with E-state index in [2.05, 4.69) is 51.1 Å². The van der Waals surface area contributed by atoms with Gasteiger partial charge in [0.25, 0.3) is 0 Å². The van der Waals surface area contributed by atoms with Crippen LogP contribution in [0.4, 0.5) is 0 Å². The smallest absolute Gasteiger partial charge is 0.191 e. The zero-order chi connectivity index (χ0) is 11.4. The van der Waals surface area contributed by atoms with Crippen molar-refractivity contribution in [1.29, 1.82) is 0 Å². The van der Waals surface area contributed by atoms with Crippen molar-refractivity contribution in [1.82, 2.24) is 14.8 Å². The van der Waals surface area contributed by atoms with E-state index < -0.39 is 0 Å². The molecule has 1 aromatic heterocycles. The van der Waals surface area contributed by atoms with Gasteiger partial charge in [0, 0.05) is 11.8 Å². The average Bonchev–Trinajstić information content (AvgIpc) is 2.57. The molecule has 0 bridgehead atoms. The zero-order valence-corrected chi connectivity index (χ0v) is 11.3. The van der Waals surface area contributed by atoms with Crippen molar-refractivity contribution in [2.24, 2.45) is 5.73 Å². The molecule has 0 spiro atoms. The number of rotatable bonds is 5. The molecule has 0 atom stereocenters. The van der Waals surface area contributed by atoms with Crippen molar-refractivity contribution in [2.45, 2.75) is 31.6 Å². The van der Waals surface area contributed by atoms with Crippen molar-refractivity contribution < 1.29 is 0 Å².